The van der Waals surface area contributed by atoms with Gasteiger partial charge in [0.1, 0.15) is 7.85 Å². The molecule has 2 rings (SSSR count). The molecule has 4 nitrogen and oxygen atoms in total. The highest BCUT2D eigenvalue weighted by Gasteiger charge is 2.46. The highest BCUT2D eigenvalue weighted by atomic mass is 16.2. The minimum Gasteiger partial charge on any atom is -0.369 e. The summed E-state index contributed by atoms with van der Waals surface area (Å²) < 4.78 is 0. The first-order valence-electron chi connectivity index (χ1n) is 5.51. The van der Waals surface area contributed by atoms with Crippen molar-refractivity contribution in [2.75, 3.05) is 7.05 Å². The van der Waals surface area contributed by atoms with Crippen LogP contribution in [0.3, 0.4) is 0 Å². The van der Waals surface area contributed by atoms with E-state index in [0.29, 0.717) is 11.9 Å². The minimum atomic E-state index is -0.909. The summed E-state index contributed by atoms with van der Waals surface area (Å²) in [7, 11) is 7.38. The van der Waals surface area contributed by atoms with Crippen LogP contribution in [0.25, 0.3) is 0 Å². The first kappa shape index (κ1) is 11.7. The van der Waals surface area contributed by atoms with E-state index >= 15 is 0 Å². The Bertz CT molecular complexity index is 500. The van der Waals surface area contributed by atoms with E-state index in [4.69, 9.17) is 13.6 Å². The van der Waals surface area contributed by atoms with Crippen LogP contribution < -0.4 is 11.2 Å². The van der Waals surface area contributed by atoms with Gasteiger partial charge in [-0.15, -0.1) is 0 Å². The van der Waals surface area contributed by atoms with Crippen molar-refractivity contribution in [1.82, 2.24) is 4.90 Å². The third kappa shape index (κ3) is 1.62. The van der Waals surface area contributed by atoms with Gasteiger partial charge in [-0.2, -0.15) is 0 Å². The Hall–Kier alpha value is -1.78. The monoisotopic (exact) mass is 227 g/mol. The van der Waals surface area contributed by atoms with Gasteiger partial charge in [0.05, 0.1) is 0 Å². The number of hydrogen-bond acceptors (Lipinski definition) is 3. The fraction of sp³-hybridized carbons (Fsp3) is 0.333. The van der Waals surface area contributed by atoms with Crippen molar-refractivity contribution in [2.24, 2.45) is 10.7 Å². The molecule has 1 aliphatic rings. The molecule has 0 bridgehead atoms. The Morgan fingerprint density at radius 3 is 2.71 bits per heavy atom. The summed E-state index contributed by atoms with van der Waals surface area (Å²) in [4.78, 5) is 18.0. The van der Waals surface area contributed by atoms with Crippen molar-refractivity contribution >= 4 is 25.2 Å². The number of rotatable bonds is 2. The quantitative estimate of drug-likeness (QED) is 0.715. The summed E-state index contributed by atoms with van der Waals surface area (Å²) >= 11 is 0. The zero-order valence-electron chi connectivity index (χ0n) is 9.97. The predicted octanol–water partition coefficient (Wildman–Crippen LogP) is -0.128. The van der Waals surface area contributed by atoms with E-state index in [1.165, 1.54) is 4.90 Å². The lowest BCUT2D eigenvalue weighted by atomic mass is 9.83. The van der Waals surface area contributed by atoms with Crippen LogP contribution >= 0.6 is 0 Å². The van der Waals surface area contributed by atoms with Gasteiger partial charge < -0.3 is 5.73 Å². The van der Waals surface area contributed by atoms with E-state index < -0.39 is 5.54 Å². The number of amides is 1. The number of nitrogens with two attached hydrogens (primary N) is 1. The summed E-state index contributed by atoms with van der Waals surface area (Å²) in [5, 5.41) is 0. The molecule has 1 aliphatic heterocycles. The van der Waals surface area contributed by atoms with Crippen molar-refractivity contribution in [1.29, 1.82) is 0 Å². The maximum atomic E-state index is 12.3. The SMILES string of the molecule is [B]c1cccc(C2(CC)N=C(N)N(C)C2=O)c1. The van der Waals surface area contributed by atoms with Crippen LogP contribution in [0.5, 0.6) is 0 Å². The highest BCUT2D eigenvalue weighted by molar-refractivity contribution is 6.32. The molecular formula is C12H14BN3O. The van der Waals surface area contributed by atoms with Gasteiger partial charge in [0.15, 0.2) is 11.5 Å². The fourth-order valence-electron chi connectivity index (χ4n) is 2.12. The minimum absolute atomic E-state index is 0.108. The van der Waals surface area contributed by atoms with E-state index in [1.807, 2.05) is 19.1 Å². The van der Waals surface area contributed by atoms with Crippen molar-refractivity contribution in [3.63, 3.8) is 0 Å². The number of guanidine groups is 1. The first-order chi connectivity index (χ1) is 8.01. The van der Waals surface area contributed by atoms with E-state index in [-0.39, 0.29) is 11.9 Å². The zero-order valence-corrected chi connectivity index (χ0v) is 9.97. The van der Waals surface area contributed by atoms with Gasteiger partial charge in [-0.3, -0.25) is 9.69 Å². The van der Waals surface area contributed by atoms with Crippen molar-refractivity contribution in [3.8, 4) is 0 Å². The Morgan fingerprint density at radius 1 is 1.53 bits per heavy atom. The number of aliphatic imine (C=N–C) groups is 1. The molecule has 0 aliphatic carbocycles. The van der Waals surface area contributed by atoms with Crippen molar-refractivity contribution in [2.45, 2.75) is 18.9 Å². The Kier molecular flexibility index (Phi) is 2.69. The number of benzene rings is 1. The van der Waals surface area contributed by atoms with Gasteiger partial charge in [-0.25, -0.2) is 4.99 Å². The predicted molar refractivity (Wildman–Crippen MR) is 68.2 cm³/mol. The fourth-order valence-corrected chi connectivity index (χ4v) is 2.12. The maximum Gasteiger partial charge on any atom is 0.261 e. The van der Waals surface area contributed by atoms with Crippen LogP contribution in [-0.4, -0.2) is 31.7 Å². The topological polar surface area (TPSA) is 58.7 Å². The van der Waals surface area contributed by atoms with E-state index in [1.54, 1.807) is 19.2 Å². The zero-order chi connectivity index (χ0) is 12.6. The molecule has 0 aromatic heterocycles. The molecule has 1 amide bonds. The number of carbonyl (C=O) groups excluding carboxylic acids is 1. The second kappa shape index (κ2) is 3.91. The molecule has 0 spiro atoms. The molecule has 2 N–H and O–H groups in total. The lowest BCUT2D eigenvalue weighted by molar-refractivity contribution is -0.130. The average Bonchev–Trinajstić information content (AvgIpc) is 2.54. The van der Waals surface area contributed by atoms with Gasteiger partial charge in [-0.1, -0.05) is 36.7 Å². The van der Waals surface area contributed by atoms with E-state index in [0.717, 1.165) is 5.56 Å². The lowest BCUT2D eigenvalue weighted by Crippen LogP contribution is -2.40. The first-order valence-corrected chi connectivity index (χ1v) is 5.51. The molecule has 86 valence electrons. The third-order valence-corrected chi connectivity index (χ3v) is 3.18. The van der Waals surface area contributed by atoms with Crippen LogP contribution in [0.2, 0.25) is 0 Å². The van der Waals surface area contributed by atoms with Gasteiger partial charge >= 0.3 is 0 Å². The van der Waals surface area contributed by atoms with Crippen molar-refractivity contribution < 1.29 is 4.79 Å². The van der Waals surface area contributed by atoms with Gasteiger partial charge in [-0.05, 0) is 12.0 Å². The standard InChI is InChI=1S/C12H14BN3O/c1-3-12(8-5-4-6-9(13)7-8)10(17)16(2)11(14)15-12/h4-7H,3H2,1-2H3,(H2,14,15). The summed E-state index contributed by atoms with van der Waals surface area (Å²) in [6, 6.07) is 7.23. The molecule has 2 radical (unpaired) electrons. The highest BCUT2D eigenvalue weighted by Crippen LogP contribution is 2.34. The molecule has 1 aromatic carbocycles. The Balaban J connectivity index is 2.57. The van der Waals surface area contributed by atoms with E-state index in [2.05, 4.69) is 4.99 Å². The van der Waals surface area contributed by atoms with Crippen molar-refractivity contribution in [3.05, 3.63) is 29.8 Å². The summed E-state index contributed by atoms with van der Waals surface area (Å²) in [5.74, 6) is 0.141. The Labute approximate surface area is 102 Å². The van der Waals surface area contributed by atoms with Crippen LogP contribution in [0.4, 0.5) is 0 Å². The average molecular weight is 227 g/mol. The number of carbonyl (C=O) groups is 1. The third-order valence-electron chi connectivity index (χ3n) is 3.18. The second-order valence-electron chi connectivity index (χ2n) is 4.17. The van der Waals surface area contributed by atoms with Gasteiger partial charge in [0.25, 0.3) is 5.91 Å². The molecule has 0 fully saturated rings. The number of hydrogen-bond donors (Lipinski definition) is 1. The second-order valence-corrected chi connectivity index (χ2v) is 4.17. The van der Waals surface area contributed by atoms with Crippen LogP contribution in [0.1, 0.15) is 18.9 Å². The normalized spacial score (nSPS) is 24.0. The molecule has 17 heavy (non-hydrogen) atoms. The van der Waals surface area contributed by atoms with Crippen LogP contribution in [-0.2, 0) is 10.3 Å². The smallest absolute Gasteiger partial charge is 0.261 e. The lowest BCUT2D eigenvalue weighted by Gasteiger charge is -2.24. The molecule has 0 saturated heterocycles. The maximum absolute atomic E-state index is 12.3. The Morgan fingerprint density at radius 2 is 2.24 bits per heavy atom. The molecule has 1 aromatic rings. The number of nitrogens with zero attached hydrogens (tertiary/aromatic N) is 2. The number of likely N-dealkylation sites (N-methyl/N-ethyl adjacent to an activating group) is 1. The molecular weight excluding hydrogens is 213 g/mol. The summed E-state index contributed by atoms with van der Waals surface area (Å²) in [6.07, 6.45) is 0.556. The van der Waals surface area contributed by atoms with E-state index in [9.17, 15) is 4.79 Å². The molecule has 1 atom stereocenters. The summed E-state index contributed by atoms with van der Waals surface area (Å²) in [6.45, 7) is 1.91. The van der Waals surface area contributed by atoms with Gasteiger partial charge in [0.2, 0.25) is 0 Å². The largest absolute Gasteiger partial charge is 0.369 e. The molecule has 1 heterocycles. The molecule has 1 unspecified atom stereocenters. The van der Waals surface area contributed by atoms with Gasteiger partial charge in [0, 0.05) is 7.05 Å². The molecule has 0 saturated carbocycles. The van der Waals surface area contributed by atoms with Crippen LogP contribution in [0.15, 0.2) is 29.3 Å². The van der Waals surface area contributed by atoms with Crippen LogP contribution in [0, 0.1) is 0 Å². The summed E-state index contributed by atoms with van der Waals surface area (Å²) in [5.41, 5.74) is 6.22. The molecule has 5 heteroatoms.